The SMILES string of the molecule is CC(OC(=O)c1sccc1-n1cccc1)C(=O)NCc1ccc(Cl)cc1. The Balaban J connectivity index is 1.58. The minimum atomic E-state index is -0.894. The fourth-order valence-corrected chi connectivity index (χ4v) is 3.25. The first-order valence-electron chi connectivity index (χ1n) is 7.98. The van der Waals surface area contributed by atoms with Crippen LogP contribution in [0.2, 0.25) is 5.02 Å². The van der Waals surface area contributed by atoms with Crippen LogP contribution < -0.4 is 5.32 Å². The predicted molar refractivity (Wildman–Crippen MR) is 102 cm³/mol. The van der Waals surface area contributed by atoms with Crippen molar-refractivity contribution >= 4 is 34.8 Å². The van der Waals surface area contributed by atoms with Crippen molar-refractivity contribution in [2.45, 2.75) is 19.6 Å². The van der Waals surface area contributed by atoms with E-state index < -0.39 is 12.1 Å². The van der Waals surface area contributed by atoms with Crippen LogP contribution >= 0.6 is 22.9 Å². The maximum absolute atomic E-state index is 12.4. The molecule has 0 bridgehead atoms. The topological polar surface area (TPSA) is 60.3 Å². The number of rotatable bonds is 6. The van der Waals surface area contributed by atoms with E-state index in [4.69, 9.17) is 16.3 Å². The molecule has 1 amide bonds. The molecule has 134 valence electrons. The molecule has 3 aromatic rings. The number of thiophene rings is 1. The van der Waals surface area contributed by atoms with Crippen LogP contribution in [0.5, 0.6) is 0 Å². The van der Waals surface area contributed by atoms with Crippen LogP contribution in [-0.2, 0) is 16.1 Å². The van der Waals surface area contributed by atoms with Gasteiger partial charge in [0.25, 0.3) is 5.91 Å². The average molecular weight is 389 g/mol. The molecule has 0 radical (unpaired) electrons. The average Bonchev–Trinajstić information content (AvgIpc) is 3.31. The smallest absolute Gasteiger partial charge is 0.351 e. The molecule has 1 N–H and O–H groups in total. The van der Waals surface area contributed by atoms with Crippen LogP contribution in [0.1, 0.15) is 22.2 Å². The number of esters is 1. The van der Waals surface area contributed by atoms with Crippen LogP contribution in [-0.4, -0.2) is 22.5 Å². The van der Waals surface area contributed by atoms with Gasteiger partial charge >= 0.3 is 5.97 Å². The summed E-state index contributed by atoms with van der Waals surface area (Å²) in [5.74, 6) is -0.870. The van der Waals surface area contributed by atoms with Gasteiger partial charge in [0.05, 0.1) is 5.69 Å². The molecule has 3 rings (SSSR count). The number of carbonyl (C=O) groups is 2. The number of aromatic nitrogens is 1. The van der Waals surface area contributed by atoms with Crippen molar-refractivity contribution in [2.24, 2.45) is 0 Å². The third-order valence-corrected chi connectivity index (χ3v) is 4.88. The summed E-state index contributed by atoms with van der Waals surface area (Å²) in [6, 6.07) is 12.8. The fraction of sp³-hybridized carbons (Fsp3) is 0.158. The largest absolute Gasteiger partial charge is 0.448 e. The molecule has 0 saturated carbocycles. The highest BCUT2D eigenvalue weighted by Crippen LogP contribution is 2.22. The number of hydrogen-bond acceptors (Lipinski definition) is 4. The Morgan fingerprint density at radius 3 is 2.58 bits per heavy atom. The molecular formula is C19H17ClN2O3S. The number of halogens is 1. The van der Waals surface area contributed by atoms with E-state index in [2.05, 4.69) is 5.32 Å². The summed E-state index contributed by atoms with van der Waals surface area (Å²) in [6.07, 6.45) is 2.80. The van der Waals surface area contributed by atoms with Gasteiger partial charge in [-0.2, -0.15) is 0 Å². The van der Waals surface area contributed by atoms with Crippen LogP contribution in [0.15, 0.2) is 60.2 Å². The second-order valence-corrected chi connectivity index (χ2v) is 6.97. The van der Waals surface area contributed by atoms with Gasteiger partial charge in [-0.25, -0.2) is 4.79 Å². The highest BCUT2D eigenvalue weighted by molar-refractivity contribution is 7.12. The van der Waals surface area contributed by atoms with Gasteiger partial charge in [-0.1, -0.05) is 23.7 Å². The van der Waals surface area contributed by atoms with Gasteiger partial charge in [0, 0.05) is 24.0 Å². The van der Waals surface area contributed by atoms with Crippen LogP contribution in [0.25, 0.3) is 5.69 Å². The second-order valence-electron chi connectivity index (χ2n) is 5.62. The van der Waals surface area contributed by atoms with E-state index in [-0.39, 0.29) is 5.91 Å². The first-order chi connectivity index (χ1) is 12.5. The Kier molecular flexibility index (Phi) is 5.75. The van der Waals surface area contributed by atoms with Crippen molar-refractivity contribution in [1.82, 2.24) is 9.88 Å². The van der Waals surface area contributed by atoms with E-state index in [0.717, 1.165) is 11.3 Å². The lowest BCUT2D eigenvalue weighted by molar-refractivity contribution is -0.129. The minimum absolute atomic E-state index is 0.339. The lowest BCUT2D eigenvalue weighted by Gasteiger charge is -2.14. The molecule has 0 aliphatic heterocycles. The Morgan fingerprint density at radius 2 is 1.88 bits per heavy atom. The Labute approximate surface area is 160 Å². The van der Waals surface area contributed by atoms with Crippen LogP contribution in [0, 0.1) is 0 Å². The van der Waals surface area contributed by atoms with E-state index >= 15 is 0 Å². The third-order valence-electron chi connectivity index (χ3n) is 3.75. The van der Waals surface area contributed by atoms with Gasteiger partial charge in [-0.15, -0.1) is 11.3 Å². The number of ether oxygens (including phenoxy) is 1. The highest BCUT2D eigenvalue weighted by Gasteiger charge is 2.22. The Morgan fingerprint density at radius 1 is 1.19 bits per heavy atom. The van der Waals surface area contributed by atoms with Crippen LogP contribution in [0.4, 0.5) is 0 Å². The van der Waals surface area contributed by atoms with Gasteiger partial charge in [0.1, 0.15) is 4.88 Å². The number of hydrogen-bond donors (Lipinski definition) is 1. The van der Waals surface area contributed by atoms with Gasteiger partial charge < -0.3 is 14.6 Å². The van der Waals surface area contributed by atoms with E-state index in [1.165, 1.54) is 11.3 Å². The number of nitrogens with one attached hydrogen (secondary N) is 1. The first-order valence-corrected chi connectivity index (χ1v) is 9.24. The fourth-order valence-electron chi connectivity index (χ4n) is 2.36. The van der Waals surface area contributed by atoms with Gasteiger partial charge in [-0.05, 0) is 48.2 Å². The highest BCUT2D eigenvalue weighted by atomic mass is 35.5. The molecule has 0 saturated heterocycles. The van der Waals surface area contributed by atoms with Gasteiger partial charge in [-0.3, -0.25) is 4.79 Å². The van der Waals surface area contributed by atoms with E-state index in [9.17, 15) is 9.59 Å². The standard InChI is InChI=1S/C19H17ClN2O3S/c1-13(18(23)21-12-14-4-6-15(20)7-5-14)25-19(24)17-16(8-11-26-17)22-9-2-3-10-22/h2-11,13H,12H2,1H3,(H,21,23). The molecule has 1 atom stereocenters. The van der Waals surface area contributed by atoms with Crippen molar-refractivity contribution in [3.05, 3.63) is 75.7 Å². The van der Waals surface area contributed by atoms with Crippen LogP contribution in [0.3, 0.4) is 0 Å². The Bertz CT molecular complexity index is 888. The van der Waals surface area contributed by atoms with E-state index in [1.807, 2.05) is 52.7 Å². The molecule has 5 nitrogen and oxygen atoms in total. The maximum atomic E-state index is 12.4. The number of amides is 1. The molecule has 1 unspecified atom stereocenters. The van der Waals surface area contributed by atoms with Crippen molar-refractivity contribution in [2.75, 3.05) is 0 Å². The number of nitrogens with zero attached hydrogens (tertiary/aromatic N) is 1. The van der Waals surface area contributed by atoms with Crippen molar-refractivity contribution in [1.29, 1.82) is 0 Å². The molecular weight excluding hydrogens is 372 g/mol. The van der Waals surface area contributed by atoms with Crippen molar-refractivity contribution < 1.29 is 14.3 Å². The molecule has 26 heavy (non-hydrogen) atoms. The lowest BCUT2D eigenvalue weighted by atomic mass is 10.2. The second kappa shape index (κ2) is 8.21. The van der Waals surface area contributed by atoms with E-state index in [1.54, 1.807) is 19.1 Å². The molecule has 1 aromatic carbocycles. The molecule has 2 aromatic heterocycles. The maximum Gasteiger partial charge on any atom is 0.351 e. The van der Waals surface area contributed by atoms with Crippen molar-refractivity contribution in [3.8, 4) is 5.69 Å². The van der Waals surface area contributed by atoms with E-state index in [0.29, 0.717) is 16.4 Å². The molecule has 2 heterocycles. The number of carbonyl (C=O) groups excluding carboxylic acids is 2. The summed E-state index contributed by atoms with van der Waals surface area (Å²) in [7, 11) is 0. The zero-order valence-corrected chi connectivity index (χ0v) is 15.6. The molecule has 7 heteroatoms. The summed E-state index contributed by atoms with van der Waals surface area (Å²) in [6.45, 7) is 1.89. The zero-order chi connectivity index (χ0) is 18.5. The predicted octanol–water partition coefficient (Wildman–Crippen LogP) is 4.05. The monoisotopic (exact) mass is 388 g/mol. The summed E-state index contributed by atoms with van der Waals surface area (Å²) in [5.41, 5.74) is 1.65. The summed E-state index contributed by atoms with van der Waals surface area (Å²) >= 11 is 7.12. The van der Waals surface area contributed by atoms with Crippen molar-refractivity contribution in [3.63, 3.8) is 0 Å². The molecule has 0 aliphatic carbocycles. The first kappa shape index (κ1) is 18.2. The minimum Gasteiger partial charge on any atom is -0.448 e. The molecule has 0 fully saturated rings. The molecule has 0 spiro atoms. The quantitative estimate of drug-likeness (QED) is 0.648. The summed E-state index contributed by atoms with van der Waals surface area (Å²) in [5, 5.41) is 5.20. The molecule has 0 aliphatic rings. The Hall–Kier alpha value is -2.57. The summed E-state index contributed by atoms with van der Waals surface area (Å²) in [4.78, 5) is 25.1. The third kappa shape index (κ3) is 4.33. The zero-order valence-electron chi connectivity index (χ0n) is 14.0. The normalized spacial score (nSPS) is 11.8. The number of benzene rings is 1. The summed E-state index contributed by atoms with van der Waals surface area (Å²) < 4.78 is 7.16. The van der Waals surface area contributed by atoms with Gasteiger partial charge in [0.15, 0.2) is 6.10 Å². The lowest BCUT2D eigenvalue weighted by Crippen LogP contribution is -2.35. The van der Waals surface area contributed by atoms with Gasteiger partial charge in [0.2, 0.25) is 0 Å².